The molecule has 1 heterocycles. The van der Waals surface area contributed by atoms with Crippen LogP contribution in [0.2, 0.25) is 0 Å². The van der Waals surface area contributed by atoms with E-state index in [-0.39, 0.29) is 6.10 Å². The zero-order valence-electron chi connectivity index (χ0n) is 11.7. The molecule has 0 saturated heterocycles. The van der Waals surface area contributed by atoms with Gasteiger partial charge < -0.3 is 20.6 Å². The van der Waals surface area contributed by atoms with Crippen molar-refractivity contribution < 1.29 is 5.11 Å². The van der Waals surface area contributed by atoms with Crippen molar-refractivity contribution in [3.63, 3.8) is 0 Å². The average molecular weight is 266 g/mol. The molecule has 1 fully saturated rings. The second-order valence-electron chi connectivity index (χ2n) is 4.99. The van der Waals surface area contributed by atoms with Crippen LogP contribution in [0.4, 0.5) is 17.8 Å². The minimum atomic E-state index is -0.317. The molecule has 1 aromatic heterocycles. The minimum absolute atomic E-state index is 0.317. The molecule has 2 rings (SSSR count). The molecule has 0 aliphatic heterocycles. The van der Waals surface area contributed by atoms with E-state index in [1.54, 1.807) is 0 Å². The van der Waals surface area contributed by atoms with Crippen LogP contribution in [0.15, 0.2) is 0 Å². The Bertz CT molecular complexity index is 421. The van der Waals surface area contributed by atoms with Crippen LogP contribution < -0.4 is 15.5 Å². The van der Waals surface area contributed by atoms with E-state index in [2.05, 4.69) is 25.6 Å². The maximum absolute atomic E-state index is 9.84. The van der Waals surface area contributed by atoms with Crippen LogP contribution in [-0.2, 0) is 0 Å². The van der Waals surface area contributed by atoms with Gasteiger partial charge >= 0.3 is 0 Å². The molecular weight excluding hydrogens is 244 g/mol. The van der Waals surface area contributed by atoms with E-state index in [1.165, 1.54) is 0 Å². The topological polar surface area (TPSA) is 86.2 Å². The third kappa shape index (κ3) is 3.92. The van der Waals surface area contributed by atoms with E-state index in [4.69, 9.17) is 0 Å². The monoisotopic (exact) mass is 266 g/mol. The van der Waals surface area contributed by atoms with Crippen molar-refractivity contribution in [2.45, 2.75) is 25.9 Å². The largest absolute Gasteiger partial charge is 0.391 e. The number of nitrogens with zero attached hydrogens (tertiary/aromatic N) is 4. The molecule has 0 aromatic carbocycles. The van der Waals surface area contributed by atoms with Crippen LogP contribution >= 0.6 is 0 Å². The highest BCUT2D eigenvalue weighted by Gasteiger charge is 2.29. The summed E-state index contributed by atoms with van der Waals surface area (Å²) in [4.78, 5) is 14.7. The molecule has 0 spiro atoms. The van der Waals surface area contributed by atoms with E-state index < -0.39 is 0 Å². The van der Waals surface area contributed by atoms with Gasteiger partial charge in [-0.1, -0.05) is 0 Å². The highest BCUT2D eigenvalue weighted by atomic mass is 16.3. The quantitative estimate of drug-likeness (QED) is 0.664. The lowest BCUT2D eigenvalue weighted by atomic mass is 10.2. The van der Waals surface area contributed by atoms with Crippen LogP contribution in [0.1, 0.15) is 19.8 Å². The average Bonchev–Trinajstić information content (AvgIpc) is 3.20. The van der Waals surface area contributed by atoms with Crippen LogP contribution in [-0.4, -0.2) is 53.3 Å². The van der Waals surface area contributed by atoms with Gasteiger partial charge in [-0.2, -0.15) is 15.0 Å². The van der Waals surface area contributed by atoms with Crippen molar-refractivity contribution in [3.05, 3.63) is 0 Å². The summed E-state index contributed by atoms with van der Waals surface area (Å²) in [6, 6.07) is 0. The van der Waals surface area contributed by atoms with Gasteiger partial charge in [0.25, 0.3) is 0 Å². The summed E-state index contributed by atoms with van der Waals surface area (Å²) in [7, 11) is 3.77. The van der Waals surface area contributed by atoms with Crippen molar-refractivity contribution in [1.29, 1.82) is 0 Å². The van der Waals surface area contributed by atoms with Crippen LogP contribution in [0, 0.1) is 5.92 Å². The molecule has 1 unspecified atom stereocenters. The number of hydrogen-bond acceptors (Lipinski definition) is 7. The van der Waals surface area contributed by atoms with Crippen LogP contribution in [0.25, 0.3) is 0 Å². The highest BCUT2D eigenvalue weighted by molar-refractivity contribution is 5.42. The Morgan fingerprint density at radius 3 is 2.37 bits per heavy atom. The van der Waals surface area contributed by atoms with Gasteiger partial charge in [-0.15, -0.1) is 0 Å². The van der Waals surface area contributed by atoms with Crippen molar-refractivity contribution in [2.24, 2.45) is 5.92 Å². The highest BCUT2D eigenvalue weighted by Crippen LogP contribution is 2.32. The summed E-state index contributed by atoms with van der Waals surface area (Å²) in [5.74, 6) is 2.07. The summed E-state index contributed by atoms with van der Waals surface area (Å²) >= 11 is 0. The number of aliphatic hydroxyl groups excluding tert-OH is 1. The van der Waals surface area contributed by atoms with Gasteiger partial charge in [-0.05, 0) is 25.7 Å². The molecule has 0 amide bonds. The second-order valence-corrected chi connectivity index (χ2v) is 4.99. The van der Waals surface area contributed by atoms with E-state index in [0.717, 1.165) is 19.4 Å². The SMILES string of the molecule is CCNc1nc(NCC(O)C2CC2)nc(N(C)C)n1. The Kier molecular flexibility index (Phi) is 4.36. The Morgan fingerprint density at radius 2 is 1.84 bits per heavy atom. The Hall–Kier alpha value is -1.63. The standard InChI is InChI=1S/C12H22N6O/c1-4-13-10-15-11(17-12(16-10)18(2)3)14-7-9(19)8-5-6-8/h8-9,19H,4-7H2,1-3H3,(H2,13,14,15,16,17). The second kappa shape index (κ2) is 6.01. The summed E-state index contributed by atoms with van der Waals surface area (Å²) in [5, 5.41) is 16.0. The molecule has 106 valence electrons. The molecule has 19 heavy (non-hydrogen) atoms. The fraction of sp³-hybridized carbons (Fsp3) is 0.750. The molecule has 1 aliphatic rings. The zero-order chi connectivity index (χ0) is 13.8. The molecule has 1 aromatic rings. The van der Waals surface area contributed by atoms with E-state index in [9.17, 15) is 5.11 Å². The Balaban J connectivity index is 2.04. The van der Waals surface area contributed by atoms with Crippen molar-refractivity contribution in [2.75, 3.05) is 42.7 Å². The molecule has 1 saturated carbocycles. The van der Waals surface area contributed by atoms with Gasteiger partial charge in [-0.25, -0.2) is 0 Å². The van der Waals surface area contributed by atoms with Gasteiger partial charge in [0.2, 0.25) is 17.8 Å². The van der Waals surface area contributed by atoms with Gasteiger partial charge in [0.05, 0.1) is 6.10 Å². The lowest BCUT2D eigenvalue weighted by Crippen LogP contribution is -2.23. The Morgan fingerprint density at radius 1 is 1.21 bits per heavy atom. The molecular formula is C12H22N6O. The number of hydrogen-bond donors (Lipinski definition) is 3. The molecule has 7 nitrogen and oxygen atoms in total. The van der Waals surface area contributed by atoms with E-state index >= 15 is 0 Å². The summed E-state index contributed by atoms with van der Waals surface area (Å²) in [6.07, 6.45) is 1.92. The summed E-state index contributed by atoms with van der Waals surface area (Å²) in [6.45, 7) is 3.22. The lowest BCUT2D eigenvalue weighted by Gasteiger charge is -2.15. The van der Waals surface area contributed by atoms with Gasteiger partial charge in [0.1, 0.15) is 0 Å². The molecule has 7 heteroatoms. The number of anilines is 3. The van der Waals surface area contributed by atoms with Crippen LogP contribution in [0.3, 0.4) is 0 Å². The predicted octanol–water partition coefficient (Wildman–Crippen LogP) is 0.552. The first-order chi connectivity index (χ1) is 9.10. The maximum Gasteiger partial charge on any atom is 0.231 e. The maximum atomic E-state index is 9.84. The summed E-state index contributed by atoms with van der Waals surface area (Å²) < 4.78 is 0. The fourth-order valence-corrected chi connectivity index (χ4v) is 1.72. The third-order valence-electron chi connectivity index (χ3n) is 2.99. The first-order valence-corrected chi connectivity index (χ1v) is 6.69. The molecule has 1 aliphatic carbocycles. The zero-order valence-corrected chi connectivity index (χ0v) is 11.7. The van der Waals surface area contributed by atoms with Crippen LogP contribution in [0.5, 0.6) is 0 Å². The van der Waals surface area contributed by atoms with Crippen molar-refractivity contribution in [3.8, 4) is 0 Å². The molecule has 3 N–H and O–H groups in total. The van der Waals surface area contributed by atoms with Gasteiger partial charge in [0, 0.05) is 27.2 Å². The number of rotatable bonds is 7. The Labute approximate surface area is 113 Å². The molecule has 0 bridgehead atoms. The molecule has 1 atom stereocenters. The van der Waals surface area contributed by atoms with Gasteiger partial charge in [-0.3, -0.25) is 0 Å². The number of aromatic nitrogens is 3. The number of nitrogens with one attached hydrogen (secondary N) is 2. The summed E-state index contributed by atoms with van der Waals surface area (Å²) in [5.41, 5.74) is 0. The third-order valence-corrected chi connectivity index (χ3v) is 2.99. The predicted molar refractivity (Wildman–Crippen MR) is 75.5 cm³/mol. The first-order valence-electron chi connectivity index (χ1n) is 6.69. The van der Waals surface area contributed by atoms with E-state index in [0.29, 0.717) is 30.3 Å². The normalized spacial score (nSPS) is 16.0. The number of aliphatic hydroxyl groups is 1. The van der Waals surface area contributed by atoms with Crippen molar-refractivity contribution in [1.82, 2.24) is 15.0 Å². The van der Waals surface area contributed by atoms with Gasteiger partial charge in [0.15, 0.2) is 0 Å². The van der Waals surface area contributed by atoms with E-state index in [1.807, 2.05) is 25.9 Å². The lowest BCUT2D eigenvalue weighted by molar-refractivity contribution is 0.164. The first kappa shape index (κ1) is 13.8. The fourth-order valence-electron chi connectivity index (χ4n) is 1.72. The van der Waals surface area contributed by atoms with Crippen molar-refractivity contribution >= 4 is 17.8 Å². The molecule has 0 radical (unpaired) electrons. The smallest absolute Gasteiger partial charge is 0.231 e. The minimum Gasteiger partial charge on any atom is -0.391 e.